The number of nitro groups is 1. The van der Waals surface area contributed by atoms with Crippen LogP contribution in [-0.4, -0.2) is 26.8 Å². The molecule has 2 N–H and O–H groups in total. The van der Waals surface area contributed by atoms with Crippen LogP contribution in [0.3, 0.4) is 0 Å². The molecule has 7 nitrogen and oxygen atoms in total. The summed E-state index contributed by atoms with van der Waals surface area (Å²) in [7, 11) is 0. The SMILES string of the molecule is O=C(O)c1c(C(=O)c2c[nH]c3ccccc23)cccc1[N+](=O)[O-]. The number of hydrogen-bond donors (Lipinski definition) is 2. The van der Waals surface area contributed by atoms with Crippen LogP contribution in [-0.2, 0) is 0 Å². The van der Waals surface area contributed by atoms with Crippen LogP contribution in [0.2, 0.25) is 0 Å². The van der Waals surface area contributed by atoms with Gasteiger partial charge < -0.3 is 10.1 Å². The van der Waals surface area contributed by atoms with Crippen molar-refractivity contribution < 1.29 is 19.6 Å². The molecule has 0 saturated heterocycles. The number of nitrogens with one attached hydrogen (secondary N) is 1. The number of benzene rings is 2. The van der Waals surface area contributed by atoms with E-state index in [1.54, 1.807) is 24.3 Å². The Labute approximate surface area is 129 Å². The molecule has 2 aromatic carbocycles. The van der Waals surface area contributed by atoms with E-state index in [0.717, 1.165) is 11.6 Å². The molecule has 0 radical (unpaired) electrons. The van der Waals surface area contributed by atoms with E-state index in [2.05, 4.69) is 4.98 Å². The van der Waals surface area contributed by atoms with Crippen LogP contribution in [0.5, 0.6) is 0 Å². The first-order valence-electron chi connectivity index (χ1n) is 6.62. The van der Waals surface area contributed by atoms with Crippen molar-refractivity contribution in [2.24, 2.45) is 0 Å². The zero-order chi connectivity index (χ0) is 16.6. The molecular weight excluding hydrogens is 300 g/mol. The molecule has 0 saturated carbocycles. The second kappa shape index (κ2) is 5.38. The number of nitrogens with zero attached hydrogens (tertiary/aromatic N) is 1. The molecule has 0 aliphatic rings. The number of rotatable bonds is 4. The van der Waals surface area contributed by atoms with Crippen molar-refractivity contribution in [2.75, 3.05) is 0 Å². The van der Waals surface area contributed by atoms with Gasteiger partial charge in [0.15, 0.2) is 5.78 Å². The monoisotopic (exact) mass is 310 g/mol. The maximum atomic E-state index is 12.7. The van der Waals surface area contributed by atoms with Crippen molar-refractivity contribution >= 4 is 28.3 Å². The lowest BCUT2D eigenvalue weighted by atomic mass is 9.97. The van der Waals surface area contributed by atoms with Gasteiger partial charge in [0.1, 0.15) is 5.56 Å². The lowest BCUT2D eigenvalue weighted by Gasteiger charge is -2.05. The average molecular weight is 310 g/mol. The average Bonchev–Trinajstić information content (AvgIpc) is 2.97. The third-order valence-electron chi connectivity index (χ3n) is 3.53. The van der Waals surface area contributed by atoms with E-state index in [1.165, 1.54) is 18.3 Å². The molecule has 3 aromatic rings. The summed E-state index contributed by atoms with van der Waals surface area (Å²) in [5.74, 6) is -2.09. The normalized spacial score (nSPS) is 10.6. The fraction of sp³-hybridized carbons (Fsp3) is 0. The number of carboxylic acids is 1. The van der Waals surface area contributed by atoms with Crippen LogP contribution in [0, 0.1) is 10.1 Å². The maximum absolute atomic E-state index is 12.7. The Balaban J connectivity index is 2.22. The Morgan fingerprint density at radius 3 is 2.48 bits per heavy atom. The van der Waals surface area contributed by atoms with Crippen molar-refractivity contribution in [3.05, 3.63) is 75.5 Å². The molecule has 3 rings (SSSR count). The number of aromatic amines is 1. The Bertz CT molecular complexity index is 958. The number of carboxylic acid groups (broad SMARTS) is 1. The summed E-state index contributed by atoms with van der Waals surface area (Å²) in [4.78, 5) is 37.3. The van der Waals surface area contributed by atoms with Crippen LogP contribution in [0.25, 0.3) is 10.9 Å². The van der Waals surface area contributed by atoms with Gasteiger partial charge in [0, 0.05) is 34.3 Å². The van der Waals surface area contributed by atoms with E-state index in [0.29, 0.717) is 5.39 Å². The summed E-state index contributed by atoms with van der Waals surface area (Å²) in [5, 5.41) is 20.9. The summed E-state index contributed by atoms with van der Waals surface area (Å²) in [6.45, 7) is 0. The maximum Gasteiger partial charge on any atom is 0.343 e. The highest BCUT2D eigenvalue weighted by molar-refractivity contribution is 6.20. The molecule has 0 atom stereocenters. The zero-order valence-electron chi connectivity index (χ0n) is 11.6. The first-order chi connectivity index (χ1) is 11.0. The highest BCUT2D eigenvalue weighted by Crippen LogP contribution is 2.27. The second-order valence-electron chi connectivity index (χ2n) is 4.84. The molecule has 0 aliphatic carbocycles. The van der Waals surface area contributed by atoms with Gasteiger partial charge in [0.05, 0.1) is 4.92 Å². The molecule has 0 spiro atoms. The third-order valence-corrected chi connectivity index (χ3v) is 3.53. The third kappa shape index (κ3) is 2.34. The molecule has 0 unspecified atom stereocenters. The molecular formula is C16H10N2O5. The number of carbonyl (C=O) groups excluding carboxylic acids is 1. The second-order valence-corrected chi connectivity index (χ2v) is 4.84. The van der Waals surface area contributed by atoms with Crippen molar-refractivity contribution in [1.29, 1.82) is 0 Å². The van der Waals surface area contributed by atoms with Crippen molar-refractivity contribution in [1.82, 2.24) is 4.98 Å². The van der Waals surface area contributed by atoms with E-state index in [9.17, 15) is 24.8 Å². The van der Waals surface area contributed by atoms with Gasteiger partial charge in [-0.05, 0) is 12.1 Å². The van der Waals surface area contributed by atoms with Gasteiger partial charge >= 0.3 is 5.97 Å². The highest BCUT2D eigenvalue weighted by Gasteiger charge is 2.28. The number of ketones is 1. The first kappa shape index (κ1) is 14.5. The number of fused-ring (bicyclic) bond motifs is 1. The van der Waals surface area contributed by atoms with Crippen molar-refractivity contribution in [3.8, 4) is 0 Å². The molecule has 1 heterocycles. The van der Waals surface area contributed by atoms with Crippen molar-refractivity contribution in [3.63, 3.8) is 0 Å². The number of aromatic carboxylic acids is 1. The Morgan fingerprint density at radius 2 is 1.78 bits per heavy atom. The first-order valence-corrected chi connectivity index (χ1v) is 6.62. The molecule has 0 bridgehead atoms. The number of H-pyrrole nitrogens is 1. The number of para-hydroxylation sites is 1. The number of carbonyl (C=O) groups is 2. The minimum Gasteiger partial charge on any atom is -0.477 e. The largest absolute Gasteiger partial charge is 0.477 e. The molecule has 0 aliphatic heterocycles. The fourth-order valence-electron chi connectivity index (χ4n) is 2.51. The van der Waals surface area contributed by atoms with Crippen LogP contribution in [0.4, 0.5) is 5.69 Å². The molecule has 0 fully saturated rings. The quantitative estimate of drug-likeness (QED) is 0.437. The predicted octanol–water partition coefficient (Wildman–Crippen LogP) is 3.01. The Kier molecular flexibility index (Phi) is 3.38. The predicted molar refractivity (Wildman–Crippen MR) is 81.8 cm³/mol. The topological polar surface area (TPSA) is 113 Å². The van der Waals surface area contributed by atoms with Gasteiger partial charge in [0.2, 0.25) is 0 Å². The van der Waals surface area contributed by atoms with E-state index >= 15 is 0 Å². The summed E-state index contributed by atoms with van der Waals surface area (Å²) >= 11 is 0. The number of nitro benzene ring substituents is 1. The van der Waals surface area contributed by atoms with Crippen LogP contribution < -0.4 is 0 Å². The molecule has 23 heavy (non-hydrogen) atoms. The Morgan fingerprint density at radius 1 is 1.04 bits per heavy atom. The van der Waals surface area contributed by atoms with Gasteiger partial charge in [-0.1, -0.05) is 24.3 Å². The van der Waals surface area contributed by atoms with Gasteiger partial charge in [-0.25, -0.2) is 4.79 Å². The van der Waals surface area contributed by atoms with Gasteiger partial charge in [-0.15, -0.1) is 0 Å². The van der Waals surface area contributed by atoms with Crippen LogP contribution in [0.1, 0.15) is 26.3 Å². The van der Waals surface area contributed by atoms with E-state index in [-0.39, 0.29) is 11.1 Å². The number of aromatic nitrogens is 1. The highest BCUT2D eigenvalue weighted by atomic mass is 16.6. The van der Waals surface area contributed by atoms with E-state index in [1.807, 2.05) is 0 Å². The minimum atomic E-state index is -1.51. The number of hydrogen-bond acceptors (Lipinski definition) is 4. The van der Waals surface area contributed by atoms with Crippen LogP contribution >= 0.6 is 0 Å². The van der Waals surface area contributed by atoms with Gasteiger partial charge in [-0.3, -0.25) is 14.9 Å². The smallest absolute Gasteiger partial charge is 0.343 e. The lowest BCUT2D eigenvalue weighted by molar-refractivity contribution is -0.385. The molecule has 1 aromatic heterocycles. The molecule has 7 heteroatoms. The summed E-state index contributed by atoms with van der Waals surface area (Å²) in [5.41, 5.74) is -0.436. The summed E-state index contributed by atoms with van der Waals surface area (Å²) in [6.07, 6.45) is 1.47. The summed E-state index contributed by atoms with van der Waals surface area (Å²) < 4.78 is 0. The van der Waals surface area contributed by atoms with Crippen molar-refractivity contribution in [2.45, 2.75) is 0 Å². The Hall–Kier alpha value is -3.48. The molecule has 0 amide bonds. The lowest BCUT2D eigenvalue weighted by Crippen LogP contribution is -2.12. The van der Waals surface area contributed by atoms with Gasteiger partial charge in [0.25, 0.3) is 5.69 Å². The van der Waals surface area contributed by atoms with E-state index < -0.39 is 27.9 Å². The summed E-state index contributed by atoms with van der Waals surface area (Å²) in [6, 6.07) is 10.7. The zero-order valence-corrected chi connectivity index (χ0v) is 11.6. The minimum absolute atomic E-state index is 0.212. The standard InChI is InChI=1S/C16H10N2O5/c19-15(11-8-17-12-6-2-1-4-9(11)12)10-5-3-7-13(18(22)23)14(10)16(20)21/h1-8,17H,(H,20,21). The fourth-order valence-corrected chi connectivity index (χ4v) is 2.51. The van der Waals surface area contributed by atoms with E-state index in [4.69, 9.17) is 0 Å². The molecule has 114 valence electrons. The van der Waals surface area contributed by atoms with Crippen LogP contribution in [0.15, 0.2) is 48.7 Å². The van der Waals surface area contributed by atoms with Gasteiger partial charge in [-0.2, -0.15) is 0 Å².